The van der Waals surface area contributed by atoms with E-state index in [0.29, 0.717) is 17.0 Å². The van der Waals surface area contributed by atoms with Gasteiger partial charge in [-0.3, -0.25) is 4.55 Å². The lowest BCUT2D eigenvalue weighted by Gasteiger charge is -2.22. The van der Waals surface area contributed by atoms with Gasteiger partial charge in [-0.1, -0.05) is 26.8 Å². The normalized spacial score (nSPS) is 12.5. The summed E-state index contributed by atoms with van der Waals surface area (Å²) in [4.78, 5) is 0. The lowest BCUT2D eigenvalue weighted by atomic mass is 9.85. The van der Waals surface area contributed by atoms with Crippen LogP contribution in [0.4, 0.5) is 5.69 Å². The van der Waals surface area contributed by atoms with Gasteiger partial charge >= 0.3 is 0 Å². The van der Waals surface area contributed by atoms with Crippen molar-refractivity contribution in [2.45, 2.75) is 31.9 Å². The van der Waals surface area contributed by atoms with Crippen molar-refractivity contribution in [2.75, 3.05) is 12.8 Å². The van der Waals surface area contributed by atoms with Crippen molar-refractivity contribution in [3.8, 4) is 5.75 Å². The Labute approximate surface area is 108 Å². The van der Waals surface area contributed by atoms with Crippen LogP contribution < -0.4 is 10.5 Å². The van der Waals surface area contributed by atoms with E-state index in [-0.39, 0.29) is 5.41 Å². The monoisotopic (exact) mass is 273 g/mol. The zero-order valence-electron chi connectivity index (χ0n) is 11.0. The molecule has 18 heavy (non-hydrogen) atoms. The first-order valence-corrected chi connectivity index (χ1v) is 7.07. The Morgan fingerprint density at radius 1 is 1.33 bits per heavy atom. The highest BCUT2D eigenvalue weighted by molar-refractivity contribution is 7.85. The number of benzene rings is 1. The Morgan fingerprint density at radius 3 is 2.28 bits per heavy atom. The topological polar surface area (TPSA) is 89.6 Å². The van der Waals surface area contributed by atoms with Crippen molar-refractivity contribution in [1.29, 1.82) is 0 Å². The third-order valence-corrected chi connectivity index (χ3v) is 3.28. The van der Waals surface area contributed by atoms with Gasteiger partial charge in [-0.05, 0) is 17.0 Å². The summed E-state index contributed by atoms with van der Waals surface area (Å²) in [5.74, 6) is -0.217. The molecule has 0 heterocycles. The van der Waals surface area contributed by atoms with E-state index in [9.17, 15) is 8.42 Å². The average Bonchev–Trinajstić information content (AvgIpc) is 2.13. The van der Waals surface area contributed by atoms with Gasteiger partial charge < -0.3 is 10.5 Å². The summed E-state index contributed by atoms with van der Waals surface area (Å²) < 4.78 is 36.0. The number of anilines is 1. The van der Waals surface area contributed by atoms with Crippen molar-refractivity contribution < 1.29 is 17.7 Å². The smallest absolute Gasteiger partial charge is 0.269 e. The summed E-state index contributed by atoms with van der Waals surface area (Å²) in [6.07, 6.45) is 0. The quantitative estimate of drug-likeness (QED) is 0.649. The molecule has 0 aliphatic carbocycles. The minimum Gasteiger partial charge on any atom is -0.494 e. The summed E-state index contributed by atoms with van der Waals surface area (Å²) >= 11 is 0. The Morgan fingerprint density at radius 2 is 1.89 bits per heavy atom. The molecule has 5 nitrogen and oxygen atoms in total. The summed E-state index contributed by atoms with van der Waals surface area (Å²) in [6, 6.07) is 3.45. The molecule has 0 fully saturated rings. The predicted octanol–water partition coefficient (Wildman–Crippen LogP) is 1.96. The molecule has 0 unspecified atom stereocenters. The first-order chi connectivity index (χ1) is 8.04. The lowest BCUT2D eigenvalue weighted by molar-refractivity contribution is 0.411. The Bertz CT molecular complexity index is 544. The van der Waals surface area contributed by atoms with Crippen LogP contribution in [0.1, 0.15) is 31.9 Å². The summed E-state index contributed by atoms with van der Waals surface area (Å²) in [7, 11) is -2.71. The number of methoxy groups -OCH3 is 1. The van der Waals surface area contributed by atoms with Crippen molar-refractivity contribution in [2.24, 2.45) is 0 Å². The molecule has 0 atom stereocenters. The van der Waals surface area contributed by atoms with Gasteiger partial charge in [-0.25, -0.2) is 0 Å². The van der Waals surface area contributed by atoms with Crippen LogP contribution in [0, 0.1) is 0 Å². The molecule has 0 aliphatic rings. The van der Waals surface area contributed by atoms with Crippen molar-refractivity contribution >= 4 is 15.8 Å². The van der Waals surface area contributed by atoms with Crippen LogP contribution in [0.2, 0.25) is 0 Å². The highest BCUT2D eigenvalue weighted by atomic mass is 32.2. The van der Waals surface area contributed by atoms with Gasteiger partial charge in [0, 0.05) is 5.56 Å². The predicted molar refractivity (Wildman–Crippen MR) is 71.4 cm³/mol. The second kappa shape index (κ2) is 4.78. The molecule has 0 radical (unpaired) electrons. The molecular formula is C12H19NO4S. The summed E-state index contributed by atoms with van der Waals surface area (Å²) in [5.41, 5.74) is 7.29. The number of rotatable bonds is 3. The van der Waals surface area contributed by atoms with Crippen LogP contribution in [0.15, 0.2) is 12.1 Å². The van der Waals surface area contributed by atoms with Crippen LogP contribution in [-0.2, 0) is 21.3 Å². The van der Waals surface area contributed by atoms with Gasteiger partial charge in [0.15, 0.2) is 0 Å². The van der Waals surface area contributed by atoms with Crippen LogP contribution in [-0.4, -0.2) is 20.1 Å². The zero-order chi connectivity index (χ0) is 14.1. The van der Waals surface area contributed by atoms with Gasteiger partial charge in [0.25, 0.3) is 10.1 Å². The van der Waals surface area contributed by atoms with E-state index < -0.39 is 15.9 Å². The van der Waals surface area contributed by atoms with Crippen LogP contribution in [0.5, 0.6) is 5.75 Å². The molecule has 1 aromatic rings. The van der Waals surface area contributed by atoms with E-state index in [1.54, 1.807) is 12.1 Å². The van der Waals surface area contributed by atoms with Gasteiger partial charge in [-0.2, -0.15) is 8.42 Å². The number of ether oxygens (including phenoxy) is 1. The number of nitrogens with two attached hydrogens (primary N) is 1. The fourth-order valence-electron chi connectivity index (χ4n) is 1.70. The van der Waals surface area contributed by atoms with Gasteiger partial charge in [0.1, 0.15) is 11.5 Å². The zero-order valence-corrected chi connectivity index (χ0v) is 11.8. The Hall–Kier alpha value is -1.27. The minimum absolute atomic E-state index is 0.172. The fourth-order valence-corrected chi connectivity index (χ4v) is 2.31. The maximum Gasteiger partial charge on any atom is 0.269 e. The van der Waals surface area contributed by atoms with E-state index in [1.165, 1.54) is 7.11 Å². The number of hydrogen-bond acceptors (Lipinski definition) is 4. The van der Waals surface area contributed by atoms with Gasteiger partial charge in [0.05, 0.1) is 12.8 Å². The largest absolute Gasteiger partial charge is 0.494 e. The third-order valence-electron chi connectivity index (χ3n) is 2.60. The Kier molecular flexibility index (Phi) is 3.92. The van der Waals surface area contributed by atoms with E-state index in [4.69, 9.17) is 15.0 Å². The van der Waals surface area contributed by atoms with Crippen molar-refractivity contribution in [3.63, 3.8) is 0 Å². The molecule has 0 bridgehead atoms. The molecule has 0 aliphatic heterocycles. The molecule has 1 aromatic carbocycles. The van der Waals surface area contributed by atoms with E-state index in [1.807, 2.05) is 20.8 Å². The fraction of sp³-hybridized carbons (Fsp3) is 0.500. The number of nitrogen functional groups attached to an aromatic ring is 1. The minimum atomic E-state index is -4.12. The van der Waals surface area contributed by atoms with Gasteiger partial charge in [0.2, 0.25) is 0 Å². The second-order valence-corrected chi connectivity index (χ2v) is 6.69. The van der Waals surface area contributed by atoms with Crippen LogP contribution >= 0.6 is 0 Å². The molecular weight excluding hydrogens is 254 g/mol. The maximum atomic E-state index is 11.0. The summed E-state index contributed by atoms with van der Waals surface area (Å²) in [6.45, 7) is 5.97. The molecule has 0 saturated heterocycles. The van der Waals surface area contributed by atoms with Crippen LogP contribution in [0.3, 0.4) is 0 Å². The third kappa shape index (κ3) is 3.61. The first kappa shape index (κ1) is 14.8. The molecule has 0 aromatic heterocycles. The molecule has 0 saturated carbocycles. The Balaban J connectivity index is 3.42. The average molecular weight is 273 g/mol. The first-order valence-electron chi connectivity index (χ1n) is 5.46. The number of hydrogen-bond donors (Lipinski definition) is 2. The molecule has 0 spiro atoms. The standard InChI is InChI=1S/C12H19NO4S/c1-12(2,3)9-5-8(7-18(14,15)16)11(17-4)10(13)6-9/h5-6H,7,13H2,1-4H3,(H,14,15,16). The highest BCUT2D eigenvalue weighted by Gasteiger charge is 2.20. The molecule has 3 N–H and O–H groups in total. The maximum absolute atomic E-state index is 11.0. The van der Waals surface area contributed by atoms with E-state index in [2.05, 4.69) is 0 Å². The van der Waals surface area contributed by atoms with E-state index in [0.717, 1.165) is 5.56 Å². The molecule has 1 rings (SSSR count). The second-order valence-electron chi connectivity index (χ2n) is 5.23. The van der Waals surface area contributed by atoms with Crippen molar-refractivity contribution in [1.82, 2.24) is 0 Å². The van der Waals surface area contributed by atoms with E-state index >= 15 is 0 Å². The van der Waals surface area contributed by atoms with Crippen molar-refractivity contribution in [3.05, 3.63) is 23.3 Å². The lowest BCUT2D eigenvalue weighted by Crippen LogP contribution is -2.14. The molecule has 6 heteroatoms. The van der Waals surface area contributed by atoms with Gasteiger partial charge in [-0.15, -0.1) is 0 Å². The summed E-state index contributed by atoms with van der Waals surface area (Å²) in [5, 5.41) is 0. The van der Waals surface area contributed by atoms with Crippen LogP contribution in [0.25, 0.3) is 0 Å². The highest BCUT2D eigenvalue weighted by Crippen LogP contribution is 2.34. The molecule has 102 valence electrons. The molecule has 0 amide bonds. The SMILES string of the molecule is COc1c(N)cc(C(C)(C)C)cc1CS(=O)(=O)O.